The highest BCUT2D eigenvalue weighted by molar-refractivity contribution is 5.91. The molecule has 1 N–H and O–H groups in total. The van der Waals surface area contributed by atoms with Gasteiger partial charge in [0, 0.05) is 31.9 Å². The molecule has 150 valence electrons. The van der Waals surface area contributed by atoms with E-state index in [9.17, 15) is 18.0 Å². The third kappa shape index (κ3) is 2.96. The third-order valence-electron chi connectivity index (χ3n) is 5.56. The Morgan fingerprint density at radius 2 is 2.00 bits per heavy atom. The molecule has 4 heterocycles. The van der Waals surface area contributed by atoms with Gasteiger partial charge in [-0.25, -0.2) is 4.79 Å². The highest BCUT2D eigenvalue weighted by Crippen LogP contribution is 2.39. The normalized spacial score (nSPS) is 21.8. The number of hydrogen-bond acceptors (Lipinski definition) is 3. The molecular weight excluding hydrogens is 373 g/mol. The van der Waals surface area contributed by atoms with Crippen molar-refractivity contribution in [3.05, 3.63) is 35.3 Å². The third-order valence-corrected chi connectivity index (χ3v) is 5.56. The van der Waals surface area contributed by atoms with Crippen molar-refractivity contribution < 1.29 is 18.0 Å². The smallest absolute Gasteiger partial charge is 0.315 e. The molecule has 7 nitrogen and oxygen atoms in total. The molecule has 2 aliphatic heterocycles. The van der Waals surface area contributed by atoms with E-state index >= 15 is 0 Å². The topological polar surface area (TPSA) is 68.0 Å². The fourth-order valence-electron chi connectivity index (χ4n) is 4.27. The van der Waals surface area contributed by atoms with Crippen molar-refractivity contribution in [2.24, 2.45) is 14.1 Å². The molecule has 0 radical (unpaired) electrons. The molecule has 0 aliphatic carbocycles. The number of amides is 2. The summed E-state index contributed by atoms with van der Waals surface area (Å²) in [5, 5.41) is 10.4. The number of urea groups is 1. The maximum atomic E-state index is 13.1. The Morgan fingerprint density at radius 3 is 2.57 bits per heavy atom. The summed E-state index contributed by atoms with van der Waals surface area (Å²) in [5.74, 6) is 0.0677. The van der Waals surface area contributed by atoms with Gasteiger partial charge in [0.15, 0.2) is 5.69 Å². The van der Waals surface area contributed by atoms with Crippen molar-refractivity contribution in [2.75, 3.05) is 5.32 Å². The second kappa shape index (κ2) is 6.39. The molecule has 1 saturated heterocycles. The Balaban J connectivity index is 1.57. The van der Waals surface area contributed by atoms with E-state index in [0.717, 1.165) is 28.8 Å². The van der Waals surface area contributed by atoms with Gasteiger partial charge >= 0.3 is 12.2 Å². The molecule has 0 saturated carbocycles. The van der Waals surface area contributed by atoms with Crippen LogP contribution in [0.2, 0.25) is 0 Å². The van der Waals surface area contributed by atoms with Crippen molar-refractivity contribution in [3.63, 3.8) is 0 Å². The van der Waals surface area contributed by atoms with Crippen LogP contribution in [0.1, 0.15) is 36.2 Å². The Kier molecular flexibility index (Phi) is 4.24. The fraction of sp³-hybridized carbons (Fsp3) is 0.500. The maximum Gasteiger partial charge on any atom is 0.435 e. The van der Waals surface area contributed by atoms with Gasteiger partial charge in [-0.2, -0.15) is 23.4 Å². The van der Waals surface area contributed by atoms with Crippen LogP contribution < -0.4 is 5.32 Å². The second-order valence-electron chi connectivity index (χ2n) is 7.32. The average Bonchev–Trinajstić information content (AvgIpc) is 3.24. The molecule has 28 heavy (non-hydrogen) atoms. The molecular formula is C18H21F3N6O. The van der Waals surface area contributed by atoms with Gasteiger partial charge in [-0.05, 0) is 37.8 Å². The molecule has 2 amide bonds. The summed E-state index contributed by atoms with van der Waals surface area (Å²) >= 11 is 0. The Bertz CT molecular complexity index is 957. The summed E-state index contributed by atoms with van der Waals surface area (Å²) in [7, 11) is 3.27. The first-order valence-corrected chi connectivity index (χ1v) is 9.06. The van der Waals surface area contributed by atoms with Gasteiger partial charge < -0.3 is 4.90 Å². The number of alkyl halides is 3. The van der Waals surface area contributed by atoms with E-state index in [4.69, 9.17) is 0 Å². The van der Waals surface area contributed by atoms with E-state index < -0.39 is 17.9 Å². The first-order valence-electron chi connectivity index (χ1n) is 9.06. The van der Waals surface area contributed by atoms with Crippen LogP contribution in [0.15, 0.2) is 18.3 Å². The minimum absolute atomic E-state index is 0.00974. The fourth-order valence-corrected chi connectivity index (χ4v) is 4.27. The molecule has 10 heteroatoms. The van der Waals surface area contributed by atoms with Crippen LogP contribution >= 0.6 is 0 Å². The van der Waals surface area contributed by atoms with E-state index in [1.165, 1.54) is 14.0 Å². The minimum atomic E-state index is -4.56. The van der Waals surface area contributed by atoms with Crippen LogP contribution in [0.25, 0.3) is 5.57 Å². The number of halogens is 3. The number of fused-ring (bicyclic) bond motifs is 2. The number of carbonyl (C=O) groups excluding carboxylic acids is 1. The lowest BCUT2D eigenvalue weighted by atomic mass is 9.99. The van der Waals surface area contributed by atoms with E-state index in [1.807, 2.05) is 13.1 Å². The lowest BCUT2D eigenvalue weighted by Crippen LogP contribution is -2.45. The largest absolute Gasteiger partial charge is 0.435 e. The molecule has 4 rings (SSSR count). The molecule has 0 spiro atoms. The number of anilines is 1. The molecule has 2 bridgehead atoms. The summed E-state index contributed by atoms with van der Waals surface area (Å²) in [4.78, 5) is 14.6. The number of carbonyl (C=O) groups is 1. The van der Waals surface area contributed by atoms with E-state index in [2.05, 4.69) is 21.6 Å². The predicted octanol–water partition coefficient (Wildman–Crippen LogP) is 3.33. The number of rotatable bonds is 2. The van der Waals surface area contributed by atoms with Crippen molar-refractivity contribution in [2.45, 2.75) is 44.4 Å². The van der Waals surface area contributed by atoms with Crippen LogP contribution in [0, 0.1) is 6.92 Å². The predicted molar refractivity (Wildman–Crippen MR) is 96.4 cm³/mol. The summed E-state index contributed by atoms with van der Waals surface area (Å²) in [6, 6.07) is 1.47. The second-order valence-corrected chi connectivity index (χ2v) is 7.32. The number of hydrogen-bond donors (Lipinski definition) is 1. The monoisotopic (exact) mass is 394 g/mol. The number of nitrogens with zero attached hydrogens (tertiary/aromatic N) is 5. The number of nitrogens with one attached hydrogen (secondary N) is 1. The summed E-state index contributed by atoms with van der Waals surface area (Å²) in [6.45, 7) is 1.32. The highest BCUT2D eigenvalue weighted by Gasteiger charge is 2.42. The van der Waals surface area contributed by atoms with Gasteiger partial charge in [-0.1, -0.05) is 6.08 Å². The van der Waals surface area contributed by atoms with Crippen molar-refractivity contribution in [1.82, 2.24) is 24.5 Å². The molecule has 2 atom stereocenters. The zero-order valence-electron chi connectivity index (χ0n) is 15.8. The first kappa shape index (κ1) is 18.6. The van der Waals surface area contributed by atoms with Gasteiger partial charge in [0.25, 0.3) is 0 Å². The van der Waals surface area contributed by atoms with Gasteiger partial charge in [0.1, 0.15) is 5.82 Å². The summed E-state index contributed by atoms with van der Waals surface area (Å²) in [6.07, 6.45) is 1.63. The van der Waals surface area contributed by atoms with E-state index in [-0.39, 0.29) is 23.5 Å². The summed E-state index contributed by atoms with van der Waals surface area (Å²) in [5.41, 5.74) is 1.10. The molecule has 1 fully saturated rings. The summed E-state index contributed by atoms with van der Waals surface area (Å²) < 4.78 is 42.1. The zero-order chi connectivity index (χ0) is 20.2. The standard InChI is InChI=1S/C18H21F3N6O/c1-10-15(18(19,20)21)24-26(3)16(10)23-17(28)27-12-4-5-13(27)9-11(8-12)14-6-7-22-25(14)2/h6-8,12-13H,4-5,9H2,1-3H3,(H,23,28). The SMILES string of the molecule is Cc1c(C(F)(F)F)nn(C)c1NC(=O)N1C2C=C(c3ccnn3C)CC1CC2. The number of aromatic nitrogens is 4. The van der Waals surface area contributed by atoms with Crippen LogP contribution in [0.3, 0.4) is 0 Å². The first-order chi connectivity index (χ1) is 13.2. The van der Waals surface area contributed by atoms with Gasteiger partial charge in [0.05, 0.1) is 11.7 Å². The Morgan fingerprint density at radius 1 is 1.25 bits per heavy atom. The Hall–Kier alpha value is -2.78. The van der Waals surface area contributed by atoms with Gasteiger partial charge in [-0.15, -0.1) is 0 Å². The van der Waals surface area contributed by atoms with Crippen molar-refractivity contribution >= 4 is 17.4 Å². The lowest BCUT2D eigenvalue weighted by Gasteiger charge is -2.34. The molecule has 2 aliphatic rings. The van der Waals surface area contributed by atoms with E-state index in [1.54, 1.807) is 15.8 Å². The number of aryl methyl sites for hydroxylation is 2. The van der Waals surface area contributed by atoms with Crippen LogP contribution in [-0.4, -0.2) is 42.6 Å². The quantitative estimate of drug-likeness (QED) is 0.850. The molecule has 0 aromatic carbocycles. The van der Waals surface area contributed by atoms with Crippen molar-refractivity contribution in [3.8, 4) is 0 Å². The molecule has 2 unspecified atom stereocenters. The maximum absolute atomic E-state index is 13.1. The van der Waals surface area contributed by atoms with Crippen LogP contribution in [0.5, 0.6) is 0 Å². The lowest BCUT2D eigenvalue weighted by molar-refractivity contribution is -0.141. The van der Waals surface area contributed by atoms with Crippen LogP contribution in [-0.2, 0) is 20.3 Å². The molecule has 2 aromatic heterocycles. The van der Waals surface area contributed by atoms with E-state index in [0.29, 0.717) is 6.42 Å². The van der Waals surface area contributed by atoms with Gasteiger partial charge in [-0.3, -0.25) is 14.7 Å². The van der Waals surface area contributed by atoms with Crippen molar-refractivity contribution in [1.29, 1.82) is 0 Å². The highest BCUT2D eigenvalue weighted by atomic mass is 19.4. The zero-order valence-corrected chi connectivity index (χ0v) is 15.8. The molecule has 2 aromatic rings. The van der Waals surface area contributed by atoms with Gasteiger partial charge in [0.2, 0.25) is 0 Å². The Labute approximate surface area is 159 Å². The average molecular weight is 394 g/mol. The minimum Gasteiger partial charge on any atom is -0.315 e. The van der Waals surface area contributed by atoms with Crippen LogP contribution in [0.4, 0.5) is 23.8 Å².